The summed E-state index contributed by atoms with van der Waals surface area (Å²) in [6, 6.07) is 6.17. The molecule has 0 spiro atoms. The van der Waals surface area contributed by atoms with Gasteiger partial charge in [0.25, 0.3) is 5.91 Å². The van der Waals surface area contributed by atoms with Crippen LogP contribution >= 0.6 is 23.2 Å². The molecule has 0 unspecified atom stereocenters. The van der Waals surface area contributed by atoms with Gasteiger partial charge in [0.05, 0.1) is 15.6 Å². The molecule has 2 rings (SSSR count). The van der Waals surface area contributed by atoms with Gasteiger partial charge in [0.1, 0.15) is 5.82 Å². The van der Waals surface area contributed by atoms with Crippen LogP contribution in [-0.2, 0) is 9.53 Å². The van der Waals surface area contributed by atoms with E-state index in [-0.39, 0.29) is 16.4 Å². The number of hydrogen-bond acceptors (Lipinski definition) is 4. The SMILES string of the molecule is O=C(COC(=O)c1ccc(F)cc1)Nc1ncc(Cl)cc1Cl. The number of nitrogens with one attached hydrogen (secondary N) is 1. The molecule has 114 valence electrons. The Morgan fingerprint density at radius 1 is 1.23 bits per heavy atom. The van der Waals surface area contributed by atoms with Crippen LogP contribution in [-0.4, -0.2) is 23.5 Å². The van der Waals surface area contributed by atoms with Gasteiger partial charge < -0.3 is 10.1 Å². The topological polar surface area (TPSA) is 68.3 Å². The van der Waals surface area contributed by atoms with E-state index in [0.29, 0.717) is 5.02 Å². The van der Waals surface area contributed by atoms with Gasteiger partial charge >= 0.3 is 5.97 Å². The van der Waals surface area contributed by atoms with E-state index in [2.05, 4.69) is 10.3 Å². The van der Waals surface area contributed by atoms with Crippen molar-refractivity contribution in [1.82, 2.24) is 4.98 Å². The summed E-state index contributed by atoms with van der Waals surface area (Å²) in [5, 5.41) is 2.86. The normalized spacial score (nSPS) is 10.1. The van der Waals surface area contributed by atoms with Gasteiger partial charge in [-0.05, 0) is 30.3 Å². The highest BCUT2D eigenvalue weighted by Gasteiger charge is 2.12. The van der Waals surface area contributed by atoms with E-state index >= 15 is 0 Å². The summed E-state index contributed by atoms with van der Waals surface area (Å²) in [5.41, 5.74) is 0.136. The first-order chi connectivity index (χ1) is 10.5. The van der Waals surface area contributed by atoms with Crippen LogP contribution in [0.1, 0.15) is 10.4 Å². The number of carbonyl (C=O) groups is 2. The molecular weight excluding hydrogens is 334 g/mol. The molecule has 0 aliphatic rings. The standard InChI is InChI=1S/C14H9Cl2FN2O3/c15-9-5-11(16)13(18-6-9)19-12(20)7-22-14(21)8-1-3-10(17)4-2-8/h1-6H,7H2,(H,18,19,20). The Balaban J connectivity index is 1.89. The minimum absolute atomic E-state index is 0.105. The summed E-state index contributed by atoms with van der Waals surface area (Å²) in [5.74, 6) is -1.73. The number of nitrogens with zero attached hydrogens (tertiary/aromatic N) is 1. The van der Waals surface area contributed by atoms with Crippen molar-refractivity contribution < 1.29 is 18.7 Å². The van der Waals surface area contributed by atoms with Crippen molar-refractivity contribution in [3.8, 4) is 0 Å². The molecule has 1 aromatic heterocycles. The number of halogens is 3. The van der Waals surface area contributed by atoms with Crippen LogP contribution in [0.15, 0.2) is 36.5 Å². The predicted molar refractivity (Wildman–Crippen MR) is 79.6 cm³/mol. The average Bonchev–Trinajstić information content (AvgIpc) is 2.48. The number of rotatable bonds is 4. The van der Waals surface area contributed by atoms with Crippen LogP contribution < -0.4 is 5.32 Å². The molecule has 0 saturated heterocycles. The second kappa shape index (κ2) is 7.20. The lowest BCUT2D eigenvalue weighted by molar-refractivity contribution is -0.119. The second-order valence-corrected chi connectivity index (χ2v) is 4.96. The lowest BCUT2D eigenvalue weighted by Gasteiger charge is -2.07. The molecule has 8 heteroatoms. The van der Waals surface area contributed by atoms with Crippen molar-refractivity contribution >= 4 is 40.9 Å². The highest BCUT2D eigenvalue weighted by atomic mass is 35.5. The molecular formula is C14H9Cl2FN2O3. The fraction of sp³-hybridized carbons (Fsp3) is 0.0714. The summed E-state index contributed by atoms with van der Waals surface area (Å²) in [4.78, 5) is 27.1. The summed E-state index contributed by atoms with van der Waals surface area (Å²) >= 11 is 11.5. The molecule has 1 amide bonds. The Morgan fingerprint density at radius 3 is 2.55 bits per heavy atom. The summed E-state index contributed by atoms with van der Waals surface area (Å²) < 4.78 is 17.5. The maximum absolute atomic E-state index is 12.7. The van der Waals surface area contributed by atoms with Crippen molar-refractivity contribution in [3.05, 3.63) is 58.0 Å². The number of amides is 1. The largest absolute Gasteiger partial charge is 0.452 e. The molecule has 1 aromatic carbocycles. The Hall–Kier alpha value is -2.18. The number of benzene rings is 1. The fourth-order valence-corrected chi connectivity index (χ4v) is 1.90. The summed E-state index contributed by atoms with van der Waals surface area (Å²) in [6.07, 6.45) is 1.31. The lowest BCUT2D eigenvalue weighted by Crippen LogP contribution is -2.21. The van der Waals surface area contributed by atoms with E-state index in [1.165, 1.54) is 24.4 Å². The molecule has 0 saturated carbocycles. The zero-order chi connectivity index (χ0) is 16.1. The van der Waals surface area contributed by atoms with Crippen LogP contribution in [0.5, 0.6) is 0 Å². The molecule has 0 bridgehead atoms. The molecule has 0 atom stereocenters. The maximum atomic E-state index is 12.7. The first kappa shape index (κ1) is 16.2. The van der Waals surface area contributed by atoms with Crippen molar-refractivity contribution in [2.45, 2.75) is 0 Å². The monoisotopic (exact) mass is 342 g/mol. The molecule has 1 heterocycles. The van der Waals surface area contributed by atoms with Crippen molar-refractivity contribution in [2.75, 3.05) is 11.9 Å². The number of esters is 1. The van der Waals surface area contributed by atoms with Crippen LogP contribution in [0.2, 0.25) is 10.0 Å². The Labute approximate surface area is 135 Å². The van der Waals surface area contributed by atoms with Crippen LogP contribution in [0.25, 0.3) is 0 Å². The Bertz CT molecular complexity index is 708. The second-order valence-electron chi connectivity index (χ2n) is 4.12. The summed E-state index contributed by atoms with van der Waals surface area (Å²) in [7, 11) is 0. The van der Waals surface area contributed by atoms with Gasteiger partial charge in [0, 0.05) is 6.20 Å². The maximum Gasteiger partial charge on any atom is 0.338 e. The van der Waals surface area contributed by atoms with Gasteiger partial charge in [-0.2, -0.15) is 0 Å². The summed E-state index contributed by atoms with van der Waals surface area (Å²) in [6.45, 7) is -0.531. The Morgan fingerprint density at radius 2 is 1.91 bits per heavy atom. The molecule has 2 aromatic rings. The van der Waals surface area contributed by atoms with Gasteiger partial charge in [-0.3, -0.25) is 4.79 Å². The molecule has 0 aliphatic heterocycles. The van der Waals surface area contributed by atoms with Gasteiger partial charge in [0.2, 0.25) is 0 Å². The first-order valence-electron chi connectivity index (χ1n) is 5.99. The van der Waals surface area contributed by atoms with E-state index in [1.54, 1.807) is 0 Å². The van der Waals surface area contributed by atoms with Crippen LogP contribution in [0.4, 0.5) is 10.2 Å². The Kier molecular flexibility index (Phi) is 5.30. The molecule has 0 fully saturated rings. The molecule has 1 N–H and O–H groups in total. The number of aromatic nitrogens is 1. The minimum Gasteiger partial charge on any atom is -0.452 e. The quantitative estimate of drug-likeness (QED) is 0.865. The lowest BCUT2D eigenvalue weighted by atomic mass is 10.2. The van der Waals surface area contributed by atoms with E-state index in [0.717, 1.165) is 12.1 Å². The van der Waals surface area contributed by atoms with E-state index in [9.17, 15) is 14.0 Å². The first-order valence-corrected chi connectivity index (χ1v) is 6.75. The van der Waals surface area contributed by atoms with Gasteiger partial charge in [-0.15, -0.1) is 0 Å². The third kappa shape index (κ3) is 4.41. The van der Waals surface area contributed by atoms with Gasteiger partial charge in [0.15, 0.2) is 12.4 Å². The average molecular weight is 343 g/mol. The molecule has 0 aliphatic carbocycles. The van der Waals surface area contributed by atoms with Crippen LogP contribution in [0.3, 0.4) is 0 Å². The van der Waals surface area contributed by atoms with Crippen molar-refractivity contribution in [1.29, 1.82) is 0 Å². The molecule has 5 nitrogen and oxygen atoms in total. The number of carbonyl (C=O) groups excluding carboxylic acids is 2. The highest BCUT2D eigenvalue weighted by Crippen LogP contribution is 2.22. The third-order valence-corrected chi connectivity index (χ3v) is 2.97. The van der Waals surface area contributed by atoms with Crippen molar-refractivity contribution in [3.63, 3.8) is 0 Å². The number of hydrogen-bond donors (Lipinski definition) is 1. The minimum atomic E-state index is -0.745. The van der Waals surface area contributed by atoms with Gasteiger partial charge in [-0.25, -0.2) is 14.2 Å². The predicted octanol–water partition coefficient (Wildman–Crippen LogP) is 3.32. The van der Waals surface area contributed by atoms with E-state index < -0.39 is 24.3 Å². The van der Waals surface area contributed by atoms with E-state index in [1.807, 2.05) is 0 Å². The van der Waals surface area contributed by atoms with Crippen LogP contribution in [0, 0.1) is 5.82 Å². The third-order valence-electron chi connectivity index (χ3n) is 2.48. The smallest absolute Gasteiger partial charge is 0.338 e. The number of anilines is 1. The zero-order valence-electron chi connectivity index (χ0n) is 11.0. The van der Waals surface area contributed by atoms with Gasteiger partial charge in [-0.1, -0.05) is 23.2 Å². The zero-order valence-corrected chi connectivity index (χ0v) is 12.5. The molecule has 0 radical (unpaired) electrons. The fourth-order valence-electron chi connectivity index (χ4n) is 1.48. The van der Waals surface area contributed by atoms with Crippen molar-refractivity contribution in [2.24, 2.45) is 0 Å². The van der Waals surface area contributed by atoms with E-state index in [4.69, 9.17) is 27.9 Å². The number of pyridine rings is 1. The highest BCUT2D eigenvalue weighted by molar-refractivity contribution is 6.36. The number of ether oxygens (including phenoxy) is 1. The molecule has 22 heavy (non-hydrogen) atoms.